The molecule has 0 heterocycles. The molecule has 148 valence electrons. The Labute approximate surface area is 150 Å². The van der Waals surface area contributed by atoms with E-state index in [0.717, 1.165) is 6.07 Å². The lowest BCUT2D eigenvalue weighted by molar-refractivity contribution is -0.137. The summed E-state index contributed by atoms with van der Waals surface area (Å²) in [5.74, 6) is -6.43. The monoisotopic (exact) mass is 379 g/mol. The summed E-state index contributed by atoms with van der Waals surface area (Å²) in [5, 5.41) is 8.34. The molecule has 0 aliphatic carbocycles. The van der Waals surface area contributed by atoms with Gasteiger partial charge >= 0.3 is 12.1 Å². The number of carboxylic acid groups (broad SMARTS) is 1. The first kappa shape index (κ1) is 25.7. The Balaban J connectivity index is 0. The number of hydrogen-bond acceptors (Lipinski definition) is 4. The van der Waals surface area contributed by atoms with Crippen molar-refractivity contribution in [2.45, 2.75) is 53.1 Å². The molecular formula is C17H24F3NO5. The highest BCUT2D eigenvalue weighted by molar-refractivity contribution is 5.96. The van der Waals surface area contributed by atoms with Crippen molar-refractivity contribution in [2.24, 2.45) is 5.73 Å². The first-order valence-electron chi connectivity index (χ1n) is 7.22. The summed E-state index contributed by atoms with van der Waals surface area (Å²) in [4.78, 5) is 31.6. The lowest BCUT2D eigenvalue weighted by atomic mass is 10.0. The minimum absolute atomic E-state index is 0. The number of aliphatic carboxylic acids is 1. The smallest absolute Gasteiger partial charge is 0.405 e. The molecule has 0 aliphatic rings. The van der Waals surface area contributed by atoms with Crippen LogP contribution in [0.25, 0.3) is 0 Å². The summed E-state index contributed by atoms with van der Waals surface area (Å²) in [7, 11) is 0. The second-order valence-electron chi connectivity index (χ2n) is 5.93. The average molecular weight is 379 g/mol. The standard InChI is InChI=1S/C11H9F3O3.C5H11NO2.CH4/c12-7-5-4-6(10(13)11(7)14)8(15)2-1-3-9(16)17;1-5(2,3)8-4(6)7;/h4-5H,1-3H2,(H,16,17);1-3H3,(H2,6,7);1H4. The molecule has 26 heavy (non-hydrogen) atoms. The van der Waals surface area contributed by atoms with Gasteiger partial charge in [0.1, 0.15) is 5.60 Å². The van der Waals surface area contributed by atoms with E-state index in [-0.39, 0.29) is 26.7 Å². The van der Waals surface area contributed by atoms with Gasteiger partial charge in [-0.05, 0) is 39.3 Å². The van der Waals surface area contributed by atoms with E-state index in [1.807, 2.05) is 0 Å². The van der Waals surface area contributed by atoms with Crippen molar-refractivity contribution < 1.29 is 37.4 Å². The topological polar surface area (TPSA) is 107 Å². The molecule has 0 aliphatic heterocycles. The van der Waals surface area contributed by atoms with E-state index in [2.05, 4.69) is 4.74 Å². The van der Waals surface area contributed by atoms with Gasteiger partial charge in [0.2, 0.25) is 0 Å². The zero-order valence-corrected chi connectivity index (χ0v) is 14.1. The van der Waals surface area contributed by atoms with Crippen LogP contribution in [-0.4, -0.2) is 28.6 Å². The van der Waals surface area contributed by atoms with Crippen molar-refractivity contribution in [3.8, 4) is 0 Å². The summed E-state index contributed by atoms with van der Waals surface area (Å²) >= 11 is 0. The van der Waals surface area contributed by atoms with Crippen LogP contribution in [0.15, 0.2) is 12.1 Å². The molecule has 1 aromatic rings. The van der Waals surface area contributed by atoms with E-state index in [0.29, 0.717) is 6.07 Å². The van der Waals surface area contributed by atoms with Crippen LogP contribution in [0.4, 0.5) is 18.0 Å². The van der Waals surface area contributed by atoms with Gasteiger partial charge in [-0.3, -0.25) is 9.59 Å². The molecule has 0 atom stereocenters. The number of halogens is 3. The molecule has 0 fully saturated rings. The lowest BCUT2D eigenvalue weighted by Gasteiger charge is -2.16. The minimum atomic E-state index is -1.70. The highest BCUT2D eigenvalue weighted by Crippen LogP contribution is 2.17. The highest BCUT2D eigenvalue weighted by Gasteiger charge is 2.18. The van der Waals surface area contributed by atoms with E-state index in [9.17, 15) is 27.6 Å². The van der Waals surface area contributed by atoms with Gasteiger partial charge in [-0.2, -0.15) is 0 Å². The van der Waals surface area contributed by atoms with Gasteiger partial charge < -0.3 is 15.6 Å². The van der Waals surface area contributed by atoms with Crippen molar-refractivity contribution >= 4 is 17.8 Å². The van der Waals surface area contributed by atoms with Crippen LogP contribution >= 0.6 is 0 Å². The number of hydrogen-bond donors (Lipinski definition) is 2. The van der Waals surface area contributed by atoms with Crippen LogP contribution in [0.5, 0.6) is 0 Å². The molecule has 0 spiro atoms. The zero-order valence-electron chi connectivity index (χ0n) is 14.1. The number of ketones is 1. The van der Waals surface area contributed by atoms with Gasteiger partial charge in [0.25, 0.3) is 0 Å². The van der Waals surface area contributed by atoms with Gasteiger partial charge in [-0.15, -0.1) is 0 Å². The fourth-order valence-electron chi connectivity index (χ4n) is 1.58. The molecule has 0 radical (unpaired) electrons. The van der Waals surface area contributed by atoms with Gasteiger partial charge in [0.15, 0.2) is 23.2 Å². The van der Waals surface area contributed by atoms with Crippen LogP contribution in [0, 0.1) is 17.5 Å². The van der Waals surface area contributed by atoms with Crippen molar-refractivity contribution in [3.05, 3.63) is 35.1 Å². The van der Waals surface area contributed by atoms with Gasteiger partial charge in [-0.1, -0.05) is 7.43 Å². The van der Waals surface area contributed by atoms with Crippen LogP contribution in [-0.2, 0) is 9.53 Å². The lowest BCUT2D eigenvalue weighted by Crippen LogP contribution is -2.27. The summed E-state index contributed by atoms with van der Waals surface area (Å²) in [5.41, 5.74) is 3.70. The fraction of sp³-hybridized carbons (Fsp3) is 0.471. The summed E-state index contributed by atoms with van der Waals surface area (Å²) < 4.78 is 43.1. The Morgan fingerprint density at radius 2 is 1.62 bits per heavy atom. The minimum Gasteiger partial charge on any atom is -0.481 e. The number of carbonyl (C=O) groups is 3. The van der Waals surface area contributed by atoms with Crippen LogP contribution in [0.2, 0.25) is 0 Å². The first-order valence-corrected chi connectivity index (χ1v) is 7.22. The Hall–Kier alpha value is -2.58. The maximum absolute atomic E-state index is 13.1. The van der Waals surface area contributed by atoms with E-state index >= 15 is 0 Å². The van der Waals surface area contributed by atoms with Crippen molar-refractivity contribution in [1.29, 1.82) is 0 Å². The van der Waals surface area contributed by atoms with E-state index in [1.54, 1.807) is 20.8 Å². The fourth-order valence-corrected chi connectivity index (χ4v) is 1.58. The van der Waals surface area contributed by atoms with E-state index < -0.39 is 46.5 Å². The molecule has 1 rings (SSSR count). The third-order valence-corrected chi connectivity index (χ3v) is 2.54. The molecule has 0 saturated heterocycles. The average Bonchev–Trinajstić information content (AvgIpc) is 2.42. The van der Waals surface area contributed by atoms with Crippen LogP contribution < -0.4 is 5.73 Å². The van der Waals surface area contributed by atoms with Crippen molar-refractivity contribution in [2.75, 3.05) is 0 Å². The molecule has 3 N–H and O–H groups in total. The molecule has 0 saturated carbocycles. The highest BCUT2D eigenvalue weighted by atomic mass is 19.2. The zero-order chi connectivity index (χ0) is 19.8. The predicted octanol–water partition coefficient (Wildman–Crippen LogP) is 4.06. The maximum atomic E-state index is 13.1. The Bertz CT molecular complexity index is 642. The molecule has 0 aromatic heterocycles. The van der Waals surface area contributed by atoms with Gasteiger partial charge in [-0.25, -0.2) is 18.0 Å². The van der Waals surface area contributed by atoms with Gasteiger partial charge in [0.05, 0.1) is 5.56 Å². The van der Waals surface area contributed by atoms with Crippen LogP contribution in [0.1, 0.15) is 57.8 Å². The Morgan fingerprint density at radius 3 is 2.00 bits per heavy atom. The van der Waals surface area contributed by atoms with E-state index in [1.165, 1.54) is 0 Å². The number of carbonyl (C=O) groups excluding carboxylic acids is 2. The first-order chi connectivity index (χ1) is 11.3. The number of carboxylic acids is 1. The molecule has 9 heteroatoms. The van der Waals surface area contributed by atoms with E-state index in [4.69, 9.17) is 10.8 Å². The molecule has 1 amide bonds. The normalized spacial score (nSPS) is 10.1. The predicted molar refractivity (Wildman–Crippen MR) is 89.3 cm³/mol. The number of primary amides is 1. The molecule has 6 nitrogen and oxygen atoms in total. The summed E-state index contributed by atoms with van der Waals surface area (Å²) in [6.07, 6.45) is -1.17. The molecular weight excluding hydrogens is 355 g/mol. The molecule has 0 bridgehead atoms. The quantitative estimate of drug-likeness (QED) is 0.593. The molecule has 1 aromatic carbocycles. The number of ether oxygens (including phenoxy) is 1. The van der Waals surface area contributed by atoms with Crippen LogP contribution in [0.3, 0.4) is 0 Å². The number of amides is 1. The third kappa shape index (κ3) is 10.3. The summed E-state index contributed by atoms with van der Waals surface area (Å²) in [6, 6.07) is 1.50. The summed E-state index contributed by atoms with van der Waals surface area (Å²) in [6.45, 7) is 5.28. The second-order valence-corrected chi connectivity index (χ2v) is 5.93. The Morgan fingerprint density at radius 1 is 1.08 bits per heavy atom. The number of nitrogens with two attached hydrogens (primary N) is 1. The van der Waals surface area contributed by atoms with Crippen molar-refractivity contribution in [1.82, 2.24) is 0 Å². The molecule has 0 unspecified atom stereocenters. The third-order valence-electron chi connectivity index (χ3n) is 2.54. The Kier molecular flexibility index (Phi) is 11.0. The second kappa shape index (κ2) is 11.1. The van der Waals surface area contributed by atoms with Gasteiger partial charge in [0, 0.05) is 12.8 Å². The maximum Gasteiger partial charge on any atom is 0.405 e. The number of rotatable bonds is 5. The largest absolute Gasteiger partial charge is 0.481 e. The SMILES string of the molecule is C.CC(C)(C)OC(N)=O.O=C(O)CCCC(=O)c1ccc(F)c(F)c1F. The number of benzene rings is 1. The van der Waals surface area contributed by atoms with Crippen molar-refractivity contribution in [3.63, 3.8) is 0 Å². The number of Topliss-reactive ketones (excluding diaryl/α,β-unsaturated/α-hetero) is 1.